The molecule has 1 amide bonds. The number of anilines is 1. The van der Waals surface area contributed by atoms with E-state index < -0.39 is 6.09 Å². The molecule has 0 saturated carbocycles. The number of methoxy groups -OCH3 is 1. The van der Waals surface area contributed by atoms with Crippen molar-refractivity contribution in [2.75, 3.05) is 12.4 Å². The quantitative estimate of drug-likeness (QED) is 0.909. The van der Waals surface area contributed by atoms with Gasteiger partial charge in [-0.3, -0.25) is 5.32 Å². The van der Waals surface area contributed by atoms with E-state index >= 15 is 0 Å². The van der Waals surface area contributed by atoms with Crippen molar-refractivity contribution < 1.29 is 14.6 Å². The number of hydrogen-bond acceptors (Lipinski definition) is 3. The van der Waals surface area contributed by atoms with Crippen LogP contribution < -0.4 is 10.1 Å². The van der Waals surface area contributed by atoms with Crippen molar-refractivity contribution in [3.05, 3.63) is 36.0 Å². The maximum atomic E-state index is 10.9. The first-order valence-electron chi connectivity index (χ1n) is 6.56. The molecule has 0 fully saturated rings. The van der Waals surface area contributed by atoms with Crippen molar-refractivity contribution in [2.24, 2.45) is 0 Å². The smallest absolute Gasteiger partial charge is 0.410 e. The van der Waals surface area contributed by atoms with E-state index in [1.54, 1.807) is 30.0 Å². The molecule has 0 saturated heterocycles. The van der Waals surface area contributed by atoms with Crippen LogP contribution in [0.1, 0.15) is 26.5 Å². The van der Waals surface area contributed by atoms with Gasteiger partial charge in [0.15, 0.2) is 0 Å². The molecule has 2 N–H and O–H groups in total. The van der Waals surface area contributed by atoms with Crippen LogP contribution in [0.15, 0.2) is 30.3 Å². The summed E-state index contributed by atoms with van der Waals surface area (Å²) in [6, 6.07) is 9.01. The maximum Gasteiger partial charge on any atom is 0.410 e. The second kappa shape index (κ2) is 5.47. The van der Waals surface area contributed by atoms with Gasteiger partial charge >= 0.3 is 6.09 Å². The van der Waals surface area contributed by atoms with E-state index in [4.69, 9.17) is 9.84 Å². The molecule has 112 valence electrons. The molecule has 6 nitrogen and oxygen atoms in total. The van der Waals surface area contributed by atoms with Crippen LogP contribution in [0.4, 0.5) is 10.6 Å². The molecule has 0 atom stereocenters. The van der Waals surface area contributed by atoms with Crippen molar-refractivity contribution >= 4 is 11.9 Å². The molecule has 0 spiro atoms. The third-order valence-corrected chi connectivity index (χ3v) is 3.03. The number of nitrogens with one attached hydrogen (secondary N) is 1. The summed E-state index contributed by atoms with van der Waals surface area (Å²) < 4.78 is 6.70. The number of rotatable bonds is 3. The fourth-order valence-corrected chi connectivity index (χ4v) is 1.87. The number of benzene rings is 1. The summed E-state index contributed by atoms with van der Waals surface area (Å²) in [5.41, 5.74) is 1.39. The van der Waals surface area contributed by atoms with Crippen molar-refractivity contribution in [2.45, 2.75) is 26.2 Å². The highest BCUT2D eigenvalue weighted by molar-refractivity contribution is 5.82. The van der Waals surface area contributed by atoms with E-state index in [9.17, 15) is 4.79 Å². The molecule has 1 aromatic carbocycles. The predicted octanol–water partition coefficient (Wildman–Crippen LogP) is 3.27. The number of aromatic nitrogens is 2. The minimum absolute atomic E-state index is 0.174. The Bertz CT molecular complexity index is 639. The van der Waals surface area contributed by atoms with Gasteiger partial charge in [0.1, 0.15) is 11.6 Å². The Labute approximate surface area is 123 Å². The molecule has 0 aliphatic rings. The summed E-state index contributed by atoms with van der Waals surface area (Å²) in [5.74, 6) is 1.15. The molecule has 1 aromatic heterocycles. The highest BCUT2D eigenvalue weighted by atomic mass is 16.5. The van der Waals surface area contributed by atoms with E-state index in [1.165, 1.54) is 0 Å². The normalized spacial score (nSPS) is 11.2. The van der Waals surface area contributed by atoms with Gasteiger partial charge in [0.25, 0.3) is 0 Å². The number of nitrogens with zero attached hydrogens (tertiary/aromatic N) is 2. The van der Waals surface area contributed by atoms with Gasteiger partial charge in [-0.05, 0) is 24.3 Å². The Balaban J connectivity index is 2.48. The molecular formula is C15H19N3O3. The molecule has 0 aliphatic heterocycles. The fourth-order valence-electron chi connectivity index (χ4n) is 1.87. The zero-order valence-corrected chi connectivity index (χ0v) is 12.5. The molecule has 6 heteroatoms. The molecule has 21 heavy (non-hydrogen) atoms. The van der Waals surface area contributed by atoms with Gasteiger partial charge < -0.3 is 9.84 Å². The Morgan fingerprint density at radius 1 is 1.29 bits per heavy atom. The lowest BCUT2D eigenvalue weighted by Crippen LogP contribution is -2.13. The summed E-state index contributed by atoms with van der Waals surface area (Å²) in [4.78, 5) is 10.9. The van der Waals surface area contributed by atoms with E-state index in [1.807, 2.05) is 32.9 Å². The second-order valence-corrected chi connectivity index (χ2v) is 5.70. The number of hydrogen-bond donors (Lipinski definition) is 2. The van der Waals surface area contributed by atoms with Gasteiger partial charge in [0, 0.05) is 11.5 Å². The van der Waals surface area contributed by atoms with Crippen molar-refractivity contribution in [1.29, 1.82) is 0 Å². The van der Waals surface area contributed by atoms with Crippen molar-refractivity contribution in [3.63, 3.8) is 0 Å². The summed E-state index contributed by atoms with van der Waals surface area (Å²) in [6.45, 7) is 6.08. The molecule has 0 bridgehead atoms. The van der Waals surface area contributed by atoms with Gasteiger partial charge in [-0.2, -0.15) is 5.10 Å². The Morgan fingerprint density at radius 2 is 1.90 bits per heavy atom. The zero-order valence-electron chi connectivity index (χ0n) is 12.5. The minimum Gasteiger partial charge on any atom is -0.497 e. The monoisotopic (exact) mass is 289 g/mol. The molecule has 1 heterocycles. The first kappa shape index (κ1) is 14.9. The number of ether oxygens (including phenoxy) is 1. The van der Waals surface area contributed by atoms with Crippen LogP contribution in [-0.4, -0.2) is 28.1 Å². The Hall–Kier alpha value is -2.50. The summed E-state index contributed by atoms with van der Waals surface area (Å²) in [6.07, 6.45) is -1.12. The zero-order chi connectivity index (χ0) is 15.6. The molecule has 0 radical (unpaired) electrons. The molecular weight excluding hydrogens is 270 g/mol. The van der Waals surface area contributed by atoms with Crippen LogP contribution in [0.25, 0.3) is 5.69 Å². The third kappa shape index (κ3) is 3.34. The highest BCUT2D eigenvalue weighted by Crippen LogP contribution is 2.26. The van der Waals surface area contributed by atoms with Crippen LogP contribution in [0, 0.1) is 0 Å². The minimum atomic E-state index is -1.12. The lowest BCUT2D eigenvalue weighted by atomic mass is 9.92. The van der Waals surface area contributed by atoms with Crippen LogP contribution in [0.5, 0.6) is 5.75 Å². The second-order valence-electron chi connectivity index (χ2n) is 5.70. The number of amides is 1. The first-order valence-corrected chi connectivity index (χ1v) is 6.56. The number of carbonyl (C=O) groups is 1. The standard InChI is InChI=1S/C15H19N3O3/c1-15(2,3)12-9-13(16-14(19)20)18(17-12)10-5-7-11(21-4)8-6-10/h5-9,16H,1-4H3,(H,19,20). The highest BCUT2D eigenvalue weighted by Gasteiger charge is 2.21. The predicted molar refractivity (Wildman–Crippen MR) is 80.5 cm³/mol. The first-order chi connectivity index (χ1) is 9.81. The van der Waals surface area contributed by atoms with E-state index in [-0.39, 0.29) is 5.41 Å². The topological polar surface area (TPSA) is 76.4 Å². The van der Waals surface area contributed by atoms with E-state index in [0.29, 0.717) is 5.82 Å². The van der Waals surface area contributed by atoms with Gasteiger partial charge in [0.05, 0.1) is 18.5 Å². The van der Waals surface area contributed by atoms with Crippen molar-refractivity contribution in [1.82, 2.24) is 9.78 Å². The molecule has 2 aromatic rings. The third-order valence-electron chi connectivity index (χ3n) is 3.03. The van der Waals surface area contributed by atoms with Gasteiger partial charge in [-0.25, -0.2) is 9.48 Å². The maximum absolute atomic E-state index is 10.9. The average molecular weight is 289 g/mol. The SMILES string of the molecule is COc1ccc(-n2nc(C(C)(C)C)cc2NC(=O)O)cc1. The summed E-state index contributed by atoms with van der Waals surface area (Å²) >= 11 is 0. The van der Waals surface area contributed by atoms with Crippen LogP contribution in [-0.2, 0) is 5.41 Å². The average Bonchev–Trinajstić information content (AvgIpc) is 2.82. The van der Waals surface area contributed by atoms with E-state index in [0.717, 1.165) is 17.1 Å². The van der Waals surface area contributed by atoms with Gasteiger partial charge in [-0.1, -0.05) is 20.8 Å². The molecule has 0 aliphatic carbocycles. The Kier molecular flexibility index (Phi) is 3.88. The molecule has 0 unspecified atom stereocenters. The van der Waals surface area contributed by atoms with E-state index in [2.05, 4.69) is 10.4 Å². The fraction of sp³-hybridized carbons (Fsp3) is 0.333. The number of carboxylic acid groups (broad SMARTS) is 1. The van der Waals surface area contributed by atoms with Crippen LogP contribution in [0.3, 0.4) is 0 Å². The van der Waals surface area contributed by atoms with Crippen LogP contribution in [0.2, 0.25) is 0 Å². The summed E-state index contributed by atoms with van der Waals surface area (Å²) in [7, 11) is 1.60. The van der Waals surface area contributed by atoms with Crippen molar-refractivity contribution in [3.8, 4) is 11.4 Å². The lowest BCUT2D eigenvalue weighted by molar-refractivity contribution is 0.209. The van der Waals surface area contributed by atoms with Crippen LogP contribution >= 0.6 is 0 Å². The van der Waals surface area contributed by atoms with Gasteiger partial charge in [0.2, 0.25) is 0 Å². The Morgan fingerprint density at radius 3 is 2.38 bits per heavy atom. The molecule has 2 rings (SSSR count). The van der Waals surface area contributed by atoms with Gasteiger partial charge in [-0.15, -0.1) is 0 Å². The lowest BCUT2D eigenvalue weighted by Gasteiger charge is -2.14. The summed E-state index contributed by atoms with van der Waals surface area (Å²) in [5, 5.41) is 15.8. The largest absolute Gasteiger partial charge is 0.497 e.